The lowest BCUT2D eigenvalue weighted by Gasteiger charge is -2.26. The van der Waals surface area contributed by atoms with E-state index in [0.717, 1.165) is 26.5 Å². The van der Waals surface area contributed by atoms with E-state index in [1.54, 1.807) is 15.9 Å². The van der Waals surface area contributed by atoms with Gasteiger partial charge in [0.05, 0.1) is 29.5 Å². The van der Waals surface area contributed by atoms with Gasteiger partial charge in [-0.15, -0.1) is 21.5 Å². The maximum atomic E-state index is 14.1. The third kappa shape index (κ3) is 4.21. The zero-order valence-corrected chi connectivity index (χ0v) is 22.4. The van der Waals surface area contributed by atoms with E-state index in [4.69, 9.17) is 4.74 Å². The van der Waals surface area contributed by atoms with Crippen molar-refractivity contribution < 1.29 is 9.53 Å². The summed E-state index contributed by atoms with van der Waals surface area (Å²) >= 11 is 2.90. The molecule has 6 rings (SSSR count). The average Bonchev–Trinajstić information content (AvgIpc) is 3.50. The van der Waals surface area contributed by atoms with Gasteiger partial charge in [-0.25, -0.2) is 8.97 Å². The maximum Gasteiger partial charge on any atom is 0.268 e. The standard InChI is InChI=1S/C28H26N4O3S2/c1-16(2)22-13-20-23(14-35-22)37-26-24(20)25(34)31(19-11-9-17(3)10-12-19)27-29-30-28(32(26)27)36-15-21(33)18-7-5-4-6-8-18/h4-12,16,22H,13-15H2,1-3H3. The Morgan fingerprint density at radius 3 is 2.62 bits per heavy atom. The molecule has 1 atom stereocenters. The third-order valence-corrected chi connectivity index (χ3v) is 8.93. The monoisotopic (exact) mass is 530 g/mol. The number of hydrogen-bond acceptors (Lipinski definition) is 7. The first-order chi connectivity index (χ1) is 17.9. The first-order valence-electron chi connectivity index (χ1n) is 12.3. The predicted molar refractivity (Wildman–Crippen MR) is 147 cm³/mol. The van der Waals surface area contributed by atoms with Crippen LogP contribution in [-0.2, 0) is 17.8 Å². The number of aryl methyl sites for hydroxylation is 1. The smallest absolute Gasteiger partial charge is 0.268 e. The number of nitrogens with zero attached hydrogens (tertiary/aromatic N) is 4. The molecule has 9 heteroatoms. The molecule has 1 aliphatic rings. The first kappa shape index (κ1) is 24.1. The van der Waals surface area contributed by atoms with Crippen LogP contribution in [0, 0.1) is 12.8 Å². The molecule has 0 N–H and O–H groups in total. The van der Waals surface area contributed by atoms with Gasteiger partial charge in [0, 0.05) is 16.9 Å². The lowest BCUT2D eigenvalue weighted by Crippen LogP contribution is -2.28. The van der Waals surface area contributed by atoms with E-state index < -0.39 is 0 Å². The summed E-state index contributed by atoms with van der Waals surface area (Å²) in [5.41, 5.74) is 3.46. The van der Waals surface area contributed by atoms with E-state index in [1.807, 2.05) is 65.9 Å². The molecule has 1 unspecified atom stereocenters. The quantitative estimate of drug-likeness (QED) is 0.214. The highest BCUT2D eigenvalue weighted by molar-refractivity contribution is 7.99. The second kappa shape index (κ2) is 9.55. The number of rotatable bonds is 6. The highest BCUT2D eigenvalue weighted by Crippen LogP contribution is 2.37. The minimum Gasteiger partial charge on any atom is -0.372 e. The van der Waals surface area contributed by atoms with E-state index >= 15 is 0 Å². The normalized spacial score (nSPS) is 15.5. The van der Waals surface area contributed by atoms with Gasteiger partial charge in [0.25, 0.3) is 5.56 Å². The van der Waals surface area contributed by atoms with Gasteiger partial charge < -0.3 is 4.74 Å². The lowest BCUT2D eigenvalue weighted by atomic mass is 9.96. The van der Waals surface area contributed by atoms with Crippen molar-refractivity contribution in [3.05, 3.63) is 86.5 Å². The van der Waals surface area contributed by atoms with Gasteiger partial charge in [-0.1, -0.05) is 73.6 Å². The summed E-state index contributed by atoms with van der Waals surface area (Å²) in [6.45, 7) is 6.79. The number of hydrogen-bond donors (Lipinski definition) is 0. The van der Waals surface area contributed by atoms with Gasteiger partial charge in [-0.2, -0.15) is 0 Å². The highest BCUT2D eigenvalue weighted by Gasteiger charge is 2.30. The van der Waals surface area contributed by atoms with Crippen molar-refractivity contribution in [2.75, 3.05) is 5.75 Å². The van der Waals surface area contributed by atoms with Crippen LogP contribution in [0.2, 0.25) is 0 Å². The Bertz CT molecular complexity index is 1680. The summed E-state index contributed by atoms with van der Waals surface area (Å²) in [7, 11) is 0. The van der Waals surface area contributed by atoms with Crippen molar-refractivity contribution in [2.24, 2.45) is 5.92 Å². The Morgan fingerprint density at radius 1 is 1.14 bits per heavy atom. The van der Waals surface area contributed by atoms with E-state index in [0.29, 0.717) is 40.8 Å². The Balaban J connectivity index is 1.54. The number of benzene rings is 2. The van der Waals surface area contributed by atoms with Crippen molar-refractivity contribution in [1.82, 2.24) is 19.2 Å². The molecule has 2 aromatic carbocycles. The topological polar surface area (TPSA) is 78.5 Å². The fourth-order valence-corrected chi connectivity index (χ4v) is 6.85. The molecular weight excluding hydrogens is 504 g/mol. The number of carbonyl (C=O) groups excluding carboxylic acids is 1. The van der Waals surface area contributed by atoms with Crippen LogP contribution in [0.25, 0.3) is 21.7 Å². The van der Waals surface area contributed by atoms with Crippen molar-refractivity contribution >= 4 is 44.9 Å². The lowest BCUT2D eigenvalue weighted by molar-refractivity contribution is 0.00200. The van der Waals surface area contributed by atoms with Gasteiger partial charge >= 0.3 is 0 Å². The Hall–Kier alpha value is -3.27. The molecule has 7 nitrogen and oxygen atoms in total. The van der Waals surface area contributed by atoms with Crippen molar-refractivity contribution in [3.63, 3.8) is 0 Å². The summed E-state index contributed by atoms with van der Waals surface area (Å²) < 4.78 is 9.71. The molecule has 0 radical (unpaired) electrons. The number of ketones is 1. The number of ether oxygens (including phenoxy) is 1. The summed E-state index contributed by atoms with van der Waals surface area (Å²) in [5.74, 6) is 1.02. The second-order valence-corrected chi connectivity index (χ2v) is 11.7. The number of thiophene rings is 1. The van der Waals surface area contributed by atoms with E-state index in [2.05, 4.69) is 24.0 Å². The molecule has 0 aliphatic carbocycles. The Morgan fingerprint density at radius 2 is 1.89 bits per heavy atom. The van der Waals surface area contributed by atoms with Crippen molar-refractivity contribution in [3.8, 4) is 5.69 Å². The summed E-state index contributed by atoms with van der Waals surface area (Å²) in [4.78, 5) is 28.8. The van der Waals surface area contributed by atoms with Gasteiger partial charge in [0.2, 0.25) is 5.78 Å². The van der Waals surface area contributed by atoms with E-state index in [-0.39, 0.29) is 23.2 Å². The summed E-state index contributed by atoms with van der Waals surface area (Å²) in [6.07, 6.45) is 0.755. The number of Topliss-reactive ketones (excluding diaryl/α,β-unsaturated/α-hetero) is 1. The van der Waals surface area contributed by atoms with Gasteiger partial charge in [-0.05, 0) is 30.5 Å². The number of aromatic nitrogens is 4. The zero-order valence-electron chi connectivity index (χ0n) is 20.8. The van der Waals surface area contributed by atoms with E-state index in [9.17, 15) is 9.59 Å². The molecule has 5 aromatic rings. The molecule has 0 fully saturated rings. The summed E-state index contributed by atoms with van der Waals surface area (Å²) in [6, 6.07) is 17.1. The largest absolute Gasteiger partial charge is 0.372 e. The zero-order chi connectivity index (χ0) is 25.7. The first-order valence-corrected chi connectivity index (χ1v) is 14.1. The minimum atomic E-state index is -0.0995. The molecule has 3 aromatic heterocycles. The van der Waals surface area contributed by atoms with Gasteiger partial charge in [0.1, 0.15) is 4.83 Å². The Kier molecular flexibility index (Phi) is 6.22. The molecule has 188 valence electrons. The van der Waals surface area contributed by atoms with Crippen molar-refractivity contribution in [1.29, 1.82) is 0 Å². The molecule has 0 spiro atoms. The highest BCUT2D eigenvalue weighted by atomic mass is 32.2. The molecule has 0 amide bonds. The molecular formula is C28H26N4O3S2. The maximum absolute atomic E-state index is 14.1. The minimum absolute atomic E-state index is 0.0177. The van der Waals surface area contributed by atoms with Crippen LogP contribution in [0.5, 0.6) is 0 Å². The van der Waals surface area contributed by atoms with Crippen LogP contribution in [0.1, 0.15) is 40.2 Å². The fraction of sp³-hybridized carbons (Fsp3) is 0.286. The number of carbonyl (C=O) groups is 1. The van der Waals surface area contributed by atoms with Crippen LogP contribution in [0.4, 0.5) is 0 Å². The molecule has 4 heterocycles. The number of fused-ring (bicyclic) bond motifs is 5. The summed E-state index contributed by atoms with van der Waals surface area (Å²) in [5, 5.41) is 10.2. The Labute approximate surface area is 222 Å². The van der Waals surface area contributed by atoms with Crippen LogP contribution >= 0.6 is 23.1 Å². The molecule has 0 saturated carbocycles. The second-order valence-electron chi connectivity index (χ2n) is 9.65. The molecule has 0 bridgehead atoms. The van der Waals surface area contributed by atoms with Gasteiger partial charge in [-0.3, -0.25) is 9.59 Å². The third-order valence-electron chi connectivity index (χ3n) is 6.81. The molecule has 1 aliphatic heterocycles. The SMILES string of the molecule is Cc1ccc(-n2c(=O)c3c4c(sc3n3c(SCC(=O)c5ccccc5)nnc23)COC(C(C)C)C4)cc1. The van der Waals surface area contributed by atoms with E-state index in [1.165, 1.54) is 11.8 Å². The number of thioether (sulfide) groups is 1. The van der Waals surface area contributed by atoms with Crippen LogP contribution in [0.15, 0.2) is 64.5 Å². The molecule has 0 saturated heterocycles. The molecule has 37 heavy (non-hydrogen) atoms. The predicted octanol–water partition coefficient (Wildman–Crippen LogP) is 5.48. The average molecular weight is 531 g/mol. The fourth-order valence-electron chi connectivity index (χ4n) is 4.72. The van der Waals surface area contributed by atoms with Gasteiger partial charge in [0.15, 0.2) is 10.9 Å². The van der Waals surface area contributed by atoms with Crippen LogP contribution in [0.3, 0.4) is 0 Å². The van der Waals surface area contributed by atoms with Crippen LogP contribution in [-0.4, -0.2) is 36.8 Å². The van der Waals surface area contributed by atoms with Crippen LogP contribution < -0.4 is 5.56 Å². The van der Waals surface area contributed by atoms with Crippen molar-refractivity contribution in [2.45, 2.75) is 45.1 Å².